The first-order valence-corrected chi connectivity index (χ1v) is 16.8. The molecule has 0 amide bonds. The molecular formula is C37H58O3. The molecule has 0 unspecified atom stereocenters. The molecule has 0 aliphatic rings. The summed E-state index contributed by atoms with van der Waals surface area (Å²) in [5, 5.41) is 0. The Bertz CT molecular complexity index is 948. The van der Waals surface area contributed by atoms with Crippen LogP contribution in [-0.2, 0) is 25.7 Å². The van der Waals surface area contributed by atoms with Crippen molar-refractivity contribution < 1.29 is 14.3 Å². The highest BCUT2D eigenvalue weighted by molar-refractivity contribution is 5.69. The maximum Gasteiger partial charge on any atom is 0.519 e. The fourth-order valence-corrected chi connectivity index (χ4v) is 5.59. The average molecular weight is 551 g/mol. The minimum absolute atomic E-state index is 0.616. The van der Waals surface area contributed by atoms with Gasteiger partial charge in [-0.15, -0.1) is 0 Å². The molecule has 0 saturated carbocycles. The molecule has 2 aromatic carbocycles. The van der Waals surface area contributed by atoms with Gasteiger partial charge in [0.05, 0.1) is 0 Å². The summed E-state index contributed by atoms with van der Waals surface area (Å²) in [5.74, 6) is 1.35. The van der Waals surface area contributed by atoms with Crippen LogP contribution in [0.1, 0.15) is 153 Å². The van der Waals surface area contributed by atoms with Crippen molar-refractivity contribution >= 4 is 6.16 Å². The fraction of sp³-hybridized carbons (Fsp3) is 0.649. The summed E-state index contributed by atoms with van der Waals surface area (Å²) < 4.78 is 11.9. The van der Waals surface area contributed by atoms with Gasteiger partial charge in [0, 0.05) is 0 Å². The van der Waals surface area contributed by atoms with Crippen LogP contribution in [0, 0.1) is 0 Å². The summed E-state index contributed by atoms with van der Waals surface area (Å²) >= 11 is 0. The molecule has 0 saturated heterocycles. The van der Waals surface area contributed by atoms with E-state index in [4.69, 9.17) is 9.47 Å². The van der Waals surface area contributed by atoms with Crippen LogP contribution in [0.5, 0.6) is 11.5 Å². The number of carbonyl (C=O) groups is 1. The number of unbranched alkanes of at least 4 members (excludes halogenated alkanes) is 12. The molecule has 3 heteroatoms. The van der Waals surface area contributed by atoms with E-state index in [0.717, 1.165) is 44.9 Å². The second kappa shape index (κ2) is 21.5. The SMILES string of the molecule is CCCCCCCc1cccc(OC(=O)Oc2cccc(CCCCC)c2CCCCC)c1CCCCCCC. The molecule has 2 aromatic rings. The van der Waals surface area contributed by atoms with Crippen molar-refractivity contribution in [1.82, 2.24) is 0 Å². The van der Waals surface area contributed by atoms with Crippen molar-refractivity contribution in [3.8, 4) is 11.5 Å². The average Bonchev–Trinajstić information content (AvgIpc) is 2.95. The second-order valence-corrected chi connectivity index (χ2v) is 11.5. The molecule has 40 heavy (non-hydrogen) atoms. The van der Waals surface area contributed by atoms with Gasteiger partial charge in [0.25, 0.3) is 0 Å². The zero-order valence-corrected chi connectivity index (χ0v) is 26.3. The van der Waals surface area contributed by atoms with Crippen molar-refractivity contribution in [2.45, 2.75) is 156 Å². The summed E-state index contributed by atoms with van der Waals surface area (Å²) in [6, 6.07) is 12.4. The molecule has 3 nitrogen and oxygen atoms in total. The summed E-state index contributed by atoms with van der Waals surface area (Å²) in [6.45, 7) is 8.97. The third-order valence-electron chi connectivity index (χ3n) is 8.01. The predicted octanol–water partition coefficient (Wildman–Crippen LogP) is 11.8. The van der Waals surface area contributed by atoms with E-state index in [9.17, 15) is 4.79 Å². The Hall–Kier alpha value is -2.29. The maximum absolute atomic E-state index is 13.2. The van der Waals surface area contributed by atoms with Gasteiger partial charge in [-0.25, -0.2) is 4.79 Å². The van der Waals surface area contributed by atoms with E-state index >= 15 is 0 Å². The topological polar surface area (TPSA) is 35.5 Å². The van der Waals surface area contributed by atoms with E-state index in [0.29, 0.717) is 11.5 Å². The second-order valence-electron chi connectivity index (χ2n) is 11.5. The first-order valence-electron chi connectivity index (χ1n) is 16.8. The minimum atomic E-state index is -0.616. The Morgan fingerprint density at radius 1 is 0.475 bits per heavy atom. The molecule has 0 aliphatic carbocycles. The van der Waals surface area contributed by atoms with E-state index in [1.54, 1.807) is 0 Å². The quantitative estimate of drug-likeness (QED) is 0.0830. The third kappa shape index (κ3) is 12.9. The van der Waals surface area contributed by atoms with Crippen molar-refractivity contribution in [2.24, 2.45) is 0 Å². The van der Waals surface area contributed by atoms with E-state index in [1.807, 2.05) is 24.3 Å². The molecular weight excluding hydrogens is 492 g/mol. The summed E-state index contributed by atoms with van der Waals surface area (Å²) in [5.41, 5.74) is 5.02. The van der Waals surface area contributed by atoms with Crippen LogP contribution in [0.2, 0.25) is 0 Å². The van der Waals surface area contributed by atoms with Crippen LogP contribution < -0.4 is 9.47 Å². The van der Waals surface area contributed by atoms with Crippen molar-refractivity contribution in [2.75, 3.05) is 0 Å². The monoisotopic (exact) mass is 550 g/mol. The van der Waals surface area contributed by atoms with Gasteiger partial charge in [-0.1, -0.05) is 129 Å². The molecule has 0 heterocycles. The highest BCUT2D eigenvalue weighted by Gasteiger charge is 2.18. The van der Waals surface area contributed by atoms with E-state index in [1.165, 1.54) is 106 Å². The molecule has 2 rings (SSSR count). The number of aryl methyl sites for hydroxylation is 2. The number of ether oxygens (including phenoxy) is 2. The maximum atomic E-state index is 13.2. The van der Waals surface area contributed by atoms with E-state index in [2.05, 4.69) is 39.8 Å². The molecule has 0 spiro atoms. The van der Waals surface area contributed by atoms with Crippen LogP contribution >= 0.6 is 0 Å². The lowest BCUT2D eigenvalue weighted by Crippen LogP contribution is -2.17. The highest BCUT2D eigenvalue weighted by atomic mass is 16.7. The van der Waals surface area contributed by atoms with Crippen molar-refractivity contribution in [3.05, 3.63) is 58.7 Å². The number of hydrogen-bond donors (Lipinski definition) is 0. The summed E-state index contributed by atoms with van der Waals surface area (Å²) in [7, 11) is 0. The number of hydrogen-bond acceptors (Lipinski definition) is 3. The Morgan fingerprint density at radius 2 is 0.825 bits per heavy atom. The Kier molecular flexibility index (Phi) is 18.2. The Balaban J connectivity index is 2.18. The Morgan fingerprint density at radius 3 is 1.27 bits per heavy atom. The van der Waals surface area contributed by atoms with Gasteiger partial charge >= 0.3 is 6.16 Å². The lowest BCUT2D eigenvalue weighted by Gasteiger charge is -2.17. The number of rotatable bonds is 22. The van der Waals surface area contributed by atoms with Gasteiger partial charge in [-0.3, -0.25) is 0 Å². The van der Waals surface area contributed by atoms with E-state index in [-0.39, 0.29) is 0 Å². The lowest BCUT2D eigenvalue weighted by atomic mass is 9.95. The molecule has 0 fully saturated rings. The van der Waals surface area contributed by atoms with Crippen LogP contribution in [0.25, 0.3) is 0 Å². The first kappa shape index (κ1) is 33.9. The predicted molar refractivity (Wildman–Crippen MR) is 171 cm³/mol. The summed E-state index contributed by atoms with van der Waals surface area (Å²) in [4.78, 5) is 13.2. The lowest BCUT2D eigenvalue weighted by molar-refractivity contribution is 0.151. The van der Waals surface area contributed by atoms with Gasteiger partial charge in [-0.05, 0) is 85.8 Å². The number of benzene rings is 2. The van der Waals surface area contributed by atoms with Crippen LogP contribution in [0.3, 0.4) is 0 Å². The molecule has 0 radical (unpaired) electrons. The zero-order chi connectivity index (χ0) is 28.8. The highest BCUT2D eigenvalue weighted by Crippen LogP contribution is 2.30. The smallest absolute Gasteiger partial charge is 0.394 e. The van der Waals surface area contributed by atoms with Crippen LogP contribution in [0.15, 0.2) is 36.4 Å². The fourth-order valence-electron chi connectivity index (χ4n) is 5.59. The van der Waals surface area contributed by atoms with Crippen molar-refractivity contribution in [1.29, 1.82) is 0 Å². The molecule has 224 valence electrons. The standard InChI is InChI=1S/C37H58O3/c1-5-9-13-15-19-24-32-26-22-30-36(34(32)28-20-16-14-10-6-2)40-37(38)39-35-29-21-25-31(23-17-11-7-3)33(35)27-18-12-8-4/h21-22,25-26,29-30H,5-20,23-24,27-28H2,1-4H3. The molecule has 0 aromatic heterocycles. The van der Waals surface area contributed by atoms with Gasteiger partial charge in [0.2, 0.25) is 0 Å². The van der Waals surface area contributed by atoms with Gasteiger partial charge < -0.3 is 9.47 Å². The summed E-state index contributed by atoms with van der Waals surface area (Å²) in [6.07, 6.45) is 22.8. The number of carbonyl (C=O) groups excluding carboxylic acids is 1. The third-order valence-corrected chi connectivity index (χ3v) is 8.01. The molecule has 0 N–H and O–H groups in total. The van der Waals surface area contributed by atoms with Crippen molar-refractivity contribution in [3.63, 3.8) is 0 Å². The van der Waals surface area contributed by atoms with Crippen LogP contribution in [-0.4, -0.2) is 6.16 Å². The van der Waals surface area contributed by atoms with Gasteiger partial charge in [0.15, 0.2) is 0 Å². The van der Waals surface area contributed by atoms with Crippen LogP contribution in [0.4, 0.5) is 4.79 Å². The van der Waals surface area contributed by atoms with Gasteiger partial charge in [0.1, 0.15) is 11.5 Å². The zero-order valence-electron chi connectivity index (χ0n) is 26.3. The van der Waals surface area contributed by atoms with E-state index < -0.39 is 6.16 Å². The molecule has 0 atom stereocenters. The minimum Gasteiger partial charge on any atom is -0.394 e. The Labute approximate surface area is 246 Å². The normalized spacial score (nSPS) is 11.1. The van der Waals surface area contributed by atoms with Gasteiger partial charge in [-0.2, -0.15) is 0 Å². The molecule has 0 aliphatic heterocycles. The first-order chi connectivity index (χ1) is 19.6. The molecule has 0 bridgehead atoms. The largest absolute Gasteiger partial charge is 0.519 e.